The number of rotatable bonds is 4. The number of aliphatic carboxylic acids is 1. The average Bonchev–Trinajstić information content (AvgIpc) is 3.05. The first-order chi connectivity index (χ1) is 9.96. The fourth-order valence-corrected chi connectivity index (χ4v) is 4.48. The zero-order valence-electron chi connectivity index (χ0n) is 11.5. The summed E-state index contributed by atoms with van der Waals surface area (Å²) in [7, 11) is -3.54. The van der Waals surface area contributed by atoms with Crippen LogP contribution in [0.3, 0.4) is 0 Å². The van der Waals surface area contributed by atoms with E-state index >= 15 is 0 Å². The Balaban J connectivity index is 1.80. The fraction of sp³-hybridized carbons (Fsp3) is 0.500. The van der Waals surface area contributed by atoms with Crippen molar-refractivity contribution in [2.75, 3.05) is 19.7 Å². The lowest BCUT2D eigenvalue weighted by molar-refractivity contribution is -0.137. The highest BCUT2D eigenvalue weighted by Gasteiger charge is 2.33. The third kappa shape index (κ3) is 2.75. The molecule has 0 aliphatic carbocycles. The van der Waals surface area contributed by atoms with Gasteiger partial charge in [-0.15, -0.1) is 0 Å². The Morgan fingerprint density at radius 2 is 2.24 bits per heavy atom. The second-order valence-corrected chi connectivity index (χ2v) is 7.42. The Hall–Kier alpha value is -1.60. The van der Waals surface area contributed by atoms with E-state index in [2.05, 4.69) is 0 Å². The molecule has 2 aliphatic heterocycles. The molecule has 0 radical (unpaired) electrons. The molecule has 1 unspecified atom stereocenters. The maximum atomic E-state index is 12.6. The van der Waals surface area contributed by atoms with Crippen molar-refractivity contribution in [2.24, 2.45) is 5.92 Å². The van der Waals surface area contributed by atoms with Crippen LogP contribution in [0.1, 0.15) is 18.4 Å². The summed E-state index contributed by atoms with van der Waals surface area (Å²) in [6.07, 6.45) is 1.34. The van der Waals surface area contributed by atoms with Gasteiger partial charge in [0.15, 0.2) is 0 Å². The molecule has 1 fully saturated rings. The zero-order valence-corrected chi connectivity index (χ0v) is 12.3. The highest BCUT2D eigenvalue weighted by molar-refractivity contribution is 7.89. The van der Waals surface area contributed by atoms with E-state index < -0.39 is 16.0 Å². The number of carboxylic acid groups (broad SMARTS) is 1. The van der Waals surface area contributed by atoms with Crippen LogP contribution < -0.4 is 4.74 Å². The van der Waals surface area contributed by atoms with Gasteiger partial charge in [-0.3, -0.25) is 4.79 Å². The number of benzene rings is 1. The van der Waals surface area contributed by atoms with Crippen molar-refractivity contribution in [3.05, 3.63) is 23.8 Å². The van der Waals surface area contributed by atoms with Crippen molar-refractivity contribution >= 4 is 16.0 Å². The number of ether oxygens (including phenoxy) is 1. The molecule has 1 aromatic carbocycles. The number of carbonyl (C=O) groups is 1. The summed E-state index contributed by atoms with van der Waals surface area (Å²) in [4.78, 5) is 11.0. The number of nitrogens with zero attached hydrogens (tertiary/aromatic N) is 1. The number of fused-ring (bicyclic) bond motifs is 1. The van der Waals surface area contributed by atoms with Gasteiger partial charge in [-0.1, -0.05) is 0 Å². The van der Waals surface area contributed by atoms with Crippen molar-refractivity contribution < 1.29 is 23.1 Å². The monoisotopic (exact) mass is 311 g/mol. The van der Waals surface area contributed by atoms with Crippen molar-refractivity contribution in [3.8, 4) is 5.75 Å². The molecule has 21 heavy (non-hydrogen) atoms. The summed E-state index contributed by atoms with van der Waals surface area (Å²) >= 11 is 0. The van der Waals surface area contributed by atoms with Crippen LogP contribution in [0.25, 0.3) is 0 Å². The SMILES string of the molecule is O=C(O)CC1CCN(S(=O)(=O)c2ccc3c(c2)CCO3)C1. The van der Waals surface area contributed by atoms with Gasteiger partial charge in [0.1, 0.15) is 5.75 Å². The van der Waals surface area contributed by atoms with Gasteiger partial charge in [0, 0.05) is 25.9 Å². The van der Waals surface area contributed by atoms with Crippen molar-refractivity contribution in [2.45, 2.75) is 24.2 Å². The predicted molar refractivity (Wildman–Crippen MR) is 74.8 cm³/mol. The lowest BCUT2D eigenvalue weighted by atomic mass is 10.1. The highest BCUT2D eigenvalue weighted by Crippen LogP contribution is 2.31. The smallest absolute Gasteiger partial charge is 0.303 e. The van der Waals surface area contributed by atoms with Gasteiger partial charge in [0.25, 0.3) is 0 Å². The Kier molecular flexibility index (Phi) is 3.62. The lowest BCUT2D eigenvalue weighted by Crippen LogP contribution is -2.29. The molecule has 0 saturated carbocycles. The summed E-state index contributed by atoms with van der Waals surface area (Å²) < 4.78 is 32.0. The number of sulfonamides is 1. The van der Waals surface area contributed by atoms with Gasteiger partial charge in [-0.05, 0) is 36.1 Å². The van der Waals surface area contributed by atoms with Crippen LogP contribution in [0.4, 0.5) is 0 Å². The molecular formula is C14H17NO5S. The predicted octanol–water partition coefficient (Wildman–Crippen LogP) is 1.11. The summed E-state index contributed by atoms with van der Waals surface area (Å²) in [6.45, 7) is 1.25. The Morgan fingerprint density at radius 1 is 1.43 bits per heavy atom. The van der Waals surface area contributed by atoms with E-state index in [-0.39, 0.29) is 23.8 Å². The van der Waals surface area contributed by atoms with Gasteiger partial charge < -0.3 is 9.84 Å². The van der Waals surface area contributed by atoms with Gasteiger partial charge in [-0.2, -0.15) is 4.31 Å². The molecule has 0 aromatic heterocycles. The minimum absolute atomic E-state index is 0.0179. The molecule has 7 heteroatoms. The Bertz CT molecular complexity index is 670. The van der Waals surface area contributed by atoms with E-state index in [1.165, 1.54) is 4.31 Å². The van der Waals surface area contributed by atoms with E-state index in [4.69, 9.17) is 9.84 Å². The minimum Gasteiger partial charge on any atom is -0.493 e. The standard InChI is InChI=1S/C14H17NO5S/c16-14(17)7-10-3-5-15(9-10)21(18,19)12-1-2-13-11(8-12)4-6-20-13/h1-2,8,10H,3-7,9H2,(H,16,17). The third-order valence-corrected chi connectivity index (χ3v) is 5.87. The quantitative estimate of drug-likeness (QED) is 0.900. The first-order valence-corrected chi connectivity index (χ1v) is 8.38. The molecule has 2 heterocycles. The molecular weight excluding hydrogens is 294 g/mol. The molecule has 1 aromatic rings. The largest absolute Gasteiger partial charge is 0.493 e. The molecule has 0 bridgehead atoms. The maximum Gasteiger partial charge on any atom is 0.303 e. The summed E-state index contributed by atoms with van der Waals surface area (Å²) in [5.74, 6) is -0.233. The van der Waals surface area contributed by atoms with Crippen LogP contribution in [0.2, 0.25) is 0 Å². The molecule has 2 aliphatic rings. The van der Waals surface area contributed by atoms with Crippen LogP contribution in [-0.4, -0.2) is 43.5 Å². The Labute approximate surface area is 123 Å². The van der Waals surface area contributed by atoms with Crippen LogP contribution in [-0.2, 0) is 21.2 Å². The zero-order chi connectivity index (χ0) is 15.0. The second kappa shape index (κ2) is 5.31. The highest BCUT2D eigenvalue weighted by atomic mass is 32.2. The van der Waals surface area contributed by atoms with Crippen LogP contribution in [0, 0.1) is 5.92 Å². The van der Waals surface area contributed by atoms with E-state index in [1.807, 2.05) is 0 Å². The molecule has 1 N–H and O–H groups in total. The molecule has 1 atom stereocenters. The number of hydrogen-bond acceptors (Lipinski definition) is 4. The summed E-state index contributed by atoms with van der Waals surface area (Å²) in [5.41, 5.74) is 0.914. The third-order valence-electron chi connectivity index (χ3n) is 4.01. The second-order valence-electron chi connectivity index (χ2n) is 5.48. The van der Waals surface area contributed by atoms with Crippen molar-refractivity contribution in [1.29, 1.82) is 0 Å². The molecule has 3 rings (SSSR count). The molecule has 0 spiro atoms. The van der Waals surface area contributed by atoms with Gasteiger partial charge in [0.2, 0.25) is 10.0 Å². The first kappa shape index (κ1) is 14.3. The summed E-state index contributed by atoms with van der Waals surface area (Å²) in [5, 5.41) is 8.80. The van der Waals surface area contributed by atoms with Crippen molar-refractivity contribution in [3.63, 3.8) is 0 Å². The Morgan fingerprint density at radius 3 is 3.00 bits per heavy atom. The number of carboxylic acids is 1. The minimum atomic E-state index is -3.54. The van der Waals surface area contributed by atoms with Gasteiger partial charge in [-0.25, -0.2) is 8.42 Å². The van der Waals surface area contributed by atoms with E-state index in [1.54, 1.807) is 18.2 Å². The molecule has 6 nitrogen and oxygen atoms in total. The topological polar surface area (TPSA) is 83.9 Å². The van der Waals surface area contributed by atoms with E-state index in [0.717, 1.165) is 17.7 Å². The lowest BCUT2D eigenvalue weighted by Gasteiger charge is -2.16. The van der Waals surface area contributed by atoms with Gasteiger partial charge >= 0.3 is 5.97 Å². The van der Waals surface area contributed by atoms with Crippen molar-refractivity contribution in [1.82, 2.24) is 4.31 Å². The van der Waals surface area contributed by atoms with E-state index in [0.29, 0.717) is 19.6 Å². The van der Waals surface area contributed by atoms with Gasteiger partial charge in [0.05, 0.1) is 11.5 Å². The maximum absolute atomic E-state index is 12.6. The summed E-state index contributed by atoms with van der Waals surface area (Å²) in [6, 6.07) is 4.92. The van der Waals surface area contributed by atoms with Crippen LogP contribution in [0.15, 0.2) is 23.1 Å². The van der Waals surface area contributed by atoms with E-state index in [9.17, 15) is 13.2 Å². The average molecular weight is 311 g/mol. The van der Waals surface area contributed by atoms with Crippen LogP contribution >= 0.6 is 0 Å². The normalized spacial score (nSPS) is 22.0. The number of hydrogen-bond donors (Lipinski definition) is 1. The first-order valence-electron chi connectivity index (χ1n) is 6.94. The van der Waals surface area contributed by atoms with Crippen LogP contribution in [0.5, 0.6) is 5.75 Å². The fourth-order valence-electron chi connectivity index (χ4n) is 2.90. The molecule has 114 valence electrons. The molecule has 1 saturated heterocycles. The molecule has 0 amide bonds.